The molecule has 3 rings (SSSR count). The number of nitrogens with zero attached hydrogens (tertiary/aromatic N) is 1. The normalized spacial score (nSPS) is 14.9. The van der Waals surface area contributed by atoms with Gasteiger partial charge in [0.05, 0.1) is 19.3 Å². The molecule has 1 N–H and O–H groups in total. The number of ether oxygens (including phenoxy) is 3. The minimum Gasteiger partial charge on any atom is -0.496 e. The minimum atomic E-state index is -0.582. The van der Waals surface area contributed by atoms with E-state index in [1.165, 1.54) is 7.11 Å². The van der Waals surface area contributed by atoms with Gasteiger partial charge in [-0.1, -0.05) is 24.3 Å². The fourth-order valence-electron chi connectivity index (χ4n) is 3.98. The van der Waals surface area contributed by atoms with Gasteiger partial charge in [0.15, 0.2) is 11.5 Å². The molecule has 0 aliphatic carbocycles. The molecule has 2 amide bonds. The van der Waals surface area contributed by atoms with Crippen molar-refractivity contribution >= 4 is 23.6 Å². The van der Waals surface area contributed by atoms with Gasteiger partial charge in [0, 0.05) is 25.9 Å². The van der Waals surface area contributed by atoms with Crippen molar-refractivity contribution in [1.82, 2.24) is 10.2 Å². The summed E-state index contributed by atoms with van der Waals surface area (Å²) in [7, 11) is 1.53. The van der Waals surface area contributed by atoms with Gasteiger partial charge in [0.25, 0.3) is 5.91 Å². The van der Waals surface area contributed by atoms with Crippen LogP contribution in [0.5, 0.6) is 17.2 Å². The van der Waals surface area contributed by atoms with Crippen molar-refractivity contribution in [1.29, 1.82) is 0 Å². The maximum atomic E-state index is 13.3. The van der Waals surface area contributed by atoms with E-state index in [4.69, 9.17) is 14.2 Å². The van der Waals surface area contributed by atoms with Crippen LogP contribution in [-0.2, 0) is 4.79 Å². The van der Waals surface area contributed by atoms with Crippen molar-refractivity contribution in [3.63, 3.8) is 0 Å². The molecule has 2 aromatic rings. The van der Waals surface area contributed by atoms with E-state index in [0.29, 0.717) is 37.4 Å². The van der Waals surface area contributed by atoms with Gasteiger partial charge in [-0.2, -0.15) is 11.8 Å². The van der Waals surface area contributed by atoms with E-state index in [9.17, 15) is 9.59 Å². The second-order valence-corrected chi connectivity index (χ2v) is 9.02. The van der Waals surface area contributed by atoms with Crippen molar-refractivity contribution in [3.8, 4) is 17.2 Å². The first-order valence-corrected chi connectivity index (χ1v) is 13.1. The smallest absolute Gasteiger partial charge is 0.255 e. The van der Waals surface area contributed by atoms with Gasteiger partial charge in [-0.15, -0.1) is 0 Å². The van der Waals surface area contributed by atoms with Gasteiger partial charge in [-0.3, -0.25) is 9.59 Å². The number of rotatable bonds is 11. The summed E-state index contributed by atoms with van der Waals surface area (Å²) in [6, 6.07) is 14.1. The van der Waals surface area contributed by atoms with Crippen LogP contribution in [0.4, 0.5) is 0 Å². The molecular weight excluding hydrogens is 452 g/mol. The van der Waals surface area contributed by atoms with Crippen LogP contribution in [-0.4, -0.2) is 67.7 Å². The third kappa shape index (κ3) is 6.82. The second-order valence-electron chi connectivity index (χ2n) is 8.03. The van der Waals surface area contributed by atoms with Crippen LogP contribution in [0.15, 0.2) is 48.5 Å². The third-order valence-corrected chi connectivity index (χ3v) is 6.41. The lowest BCUT2D eigenvalue weighted by molar-refractivity contribution is -0.135. The van der Waals surface area contributed by atoms with Gasteiger partial charge in [0.2, 0.25) is 5.91 Å². The summed E-state index contributed by atoms with van der Waals surface area (Å²) in [6.07, 6.45) is 4.02. The first kappa shape index (κ1) is 25.7. The van der Waals surface area contributed by atoms with E-state index in [1.54, 1.807) is 30.0 Å². The number of hydrogen-bond acceptors (Lipinski definition) is 6. The molecule has 0 bridgehead atoms. The fraction of sp³-hybridized carbons (Fsp3) is 0.462. The molecule has 0 spiro atoms. The van der Waals surface area contributed by atoms with Crippen molar-refractivity contribution in [2.24, 2.45) is 0 Å². The Morgan fingerprint density at radius 3 is 2.35 bits per heavy atom. The molecule has 2 aromatic carbocycles. The molecule has 1 unspecified atom stereocenters. The van der Waals surface area contributed by atoms with Crippen LogP contribution in [0.3, 0.4) is 0 Å². The number of methoxy groups -OCH3 is 1. The molecule has 34 heavy (non-hydrogen) atoms. The Balaban J connectivity index is 1.60. The Labute approximate surface area is 206 Å². The first-order valence-electron chi connectivity index (χ1n) is 11.7. The van der Waals surface area contributed by atoms with Crippen molar-refractivity contribution in [3.05, 3.63) is 54.1 Å². The standard InChI is InChI=1S/C26H34N2O5S/c1-4-32-23-11-7-8-12-24(23)33-19-13-16-28(17-14-19)26(30)21(15-18-34-3)27-25(29)20-9-5-6-10-22(20)31-2/h5-12,19,21H,4,13-18H2,1-3H3,(H,27,29). The van der Waals surface area contributed by atoms with Crippen LogP contribution in [0.25, 0.3) is 0 Å². The first-order chi connectivity index (χ1) is 16.6. The molecule has 0 saturated carbocycles. The Hall–Kier alpha value is -2.87. The molecule has 1 aliphatic rings. The summed E-state index contributed by atoms with van der Waals surface area (Å²) in [6.45, 7) is 3.69. The summed E-state index contributed by atoms with van der Waals surface area (Å²) in [5.74, 6) is 2.38. The topological polar surface area (TPSA) is 77.1 Å². The zero-order valence-electron chi connectivity index (χ0n) is 20.1. The van der Waals surface area contributed by atoms with E-state index >= 15 is 0 Å². The summed E-state index contributed by atoms with van der Waals surface area (Å²) < 4.78 is 17.2. The van der Waals surface area contributed by atoms with Gasteiger partial charge in [0.1, 0.15) is 17.9 Å². The number of thioether (sulfide) groups is 1. The largest absolute Gasteiger partial charge is 0.496 e. The quantitative estimate of drug-likeness (QED) is 0.517. The number of para-hydroxylation sites is 3. The van der Waals surface area contributed by atoms with E-state index in [2.05, 4.69) is 5.32 Å². The highest BCUT2D eigenvalue weighted by molar-refractivity contribution is 7.98. The lowest BCUT2D eigenvalue weighted by Gasteiger charge is -2.34. The Kier molecular flexibility index (Phi) is 9.94. The molecule has 0 aromatic heterocycles. The zero-order valence-corrected chi connectivity index (χ0v) is 20.9. The van der Waals surface area contributed by atoms with E-state index < -0.39 is 6.04 Å². The predicted octanol–water partition coefficient (Wildman–Crippen LogP) is 4.02. The molecule has 1 atom stereocenters. The molecule has 1 aliphatic heterocycles. The molecule has 0 radical (unpaired) electrons. The average molecular weight is 487 g/mol. The summed E-state index contributed by atoms with van der Waals surface area (Å²) in [4.78, 5) is 28.1. The Morgan fingerprint density at radius 2 is 1.71 bits per heavy atom. The van der Waals surface area contributed by atoms with E-state index in [-0.39, 0.29) is 17.9 Å². The van der Waals surface area contributed by atoms with Gasteiger partial charge in [-0.25, -0.2) is 0 Å². The maximum absolute atomic E-state index is 13.3. The summed E-state index contributed by atoms with van der Waals surface area (Å²) in [5, 5.41) is 2.94. The predicted molar refractivity (Wildman–Crippen MR) is 135 cm³/mol. The number of hydrogen-bond donors (Lipinski definition) is 1. The highest BCUT2D eigenvalue weighted by Crippen LogP contribution is 2.29. The molecule has 7 nitrogen and oxygen atoms in total. The zero-order chi connectivity index (χ0) is 24.3. The maximum Gasteiger partial charge on any atom is 0.255 e. The average Bonchev–Trinajstić information content (AvgIpc) is 2.87. The number of carbonyl (C=O) groups is 2. The number of nitrogens with one attached hydrogen (secondary N) is 1. The highest BCUT2D eigenvalue weighted by Gasteiger charge is 2.30. The highest BCUT2D eigenvalue weighted by atomic mass is 32.2. The number of benzene rings is 2. The fourth-order valence-corrected chi connectivity index (χ4v) is 4.45. The SMILES string of the molecule is CCOc1ccccc1OC1CCN(C(=O)C(CCSC)NC(=O)c2ccccc2OC)CC1. The van der Waals surface area contributed by atoms with Gasteiger partial charge >= 0.3 is 0 Å². The summed E-state index contributed by atoms with van der Waals surface area (Å²) in [5.41, 5.74) is 0.423. The number of amides is 2. The lowest BCUT2D eigenvalue weighted by Crippen LogP contribution is -2.52. The molecule has 184 valence electrons. The Bertz CT molecular complexity index is 946. The monoisotopic (exact) mass is 486 g/mol. The van der Waals surface area contributed by atoms with Crippen LogP contribution in [0, 0.1) is 0 Å². The van der Waals surface area contributed by atoms with Crippen LogP contribution >= 0.6 is 11.8 Å². The van der Waals surface area contributed by atoms with Crippen molar-refractivity contribution < 1.29 is 23.8 Å². The van der Waals surface area contributed by atoms with E-state index in [0.717, 1.165) is 30.1 Å². The molecule has 1 saturated heterocycles. The second kappa shape index (κ2) is 13.1. The van der Waals surface area contributed by atoms with Crippen LogP contribution in [0.2, 0.25) is 0 Å². The van der Waals surface area contributed by atoms with Gasteiger partial charge < -0.3 is 24.4 Å². The molecule has 8 heteroatoms. The van der Waals surface area contributed by atoms with Crippen molar-refractivity contribution in [2.45, 2.75) is 38.3 Å². The summed E-state index contributed by atoms with van der Waals surface area (Å²) >= 11 is 1.65. The van der Waals surface area contributed by atoms with E-state index in [1.807, 2.05) is 48.4 Å². The minimum absolute atomic E-state index is 0.0125. The molecule has 1 heterocycles. The molecular formula is C26H34N2O5S. The number of likely N-dealkylation sites (tertiary alicyclic amines) is 1. The number of carbonyl (C=O) groups excluding carboxylic acids is 2. The van der Waals surface area contributed by atoms with Crippen LogP contribution < -0.4 is 19.5 Å². The van der Waals surface area contributed by atoms with Gasteiger partial charge in [-0.05, 0) is 49.6 Å². The lowest BCUT2D eigenvalue weighted by atomic mass is 10.1. The molecule has 1 fully saturated rings. The third-order valence-electron chi connectivity index (χ3n) is 5.76. The number of piperidine rings is 1. The van der Waals surface area contributed by atoms with Crippen LogP contribution in [0.1, 0.15) is 36.5 Å². The Morgan fingerprint density at radius 1 is 1.06 bits per heavy atom. The van der Waals surface area contributed by atoms with Crippen molar-refractivity contribution in [2.75, 3.05) is 38.8 Å².